The van der Waals surface area contributed by atoms with Crippen molar-refractivity contribution in [3.8, 4) is 0 Å². The molecule has 0 spiro atoms. The zero-order valence-corrected chi connectivity index (χ0v) is 17.1. The summed E-state index contributed by atoms with van der Waals surface area (Å²) in [7, 11) is 0. The smallest absolute Gasteiger partial charge is 0.251 e. The van der Waals surface area contributed by atoms with Crippen LogP contribution in [0.4, 0.5) is 5.82 Å². The van der Waals surface area contributed by atoms with Gasteiger partial charge in [0, 0.05) is 48.8 Å². The van der Waals surface area contributed by atoms with E-state index in [1.807, 2.05) is 24.3 Å². The van der Waals surface area contributed by atoms with Crippen molar-refractivity contribution in [2.75, 3.05) is 37.7 Å². The molecule has 0 saturated carbocycles. The number of carbonyl (C=O) groups excluding carboxylic acids is 2. The van der Waals surface area contributed by atoms with Crippen molar-refractivity contribution in [2.24, 2.45) is 0 Å². The average Bonchev–Trinajstić information content (AvgIpc) is 2.73. The van der Waals surface area contributed by atoms with Crippen LogP contribution < -0.4 is 15.5 Å². The summed E-state index contributed by atoms with van der Waals surface area (Å²) >= 11 is 3.33. The number of benzene rings is 1. The van der Waals surface area contributed by atoms with E-state index < -0.39 is 0 Å². The van der Waals surface area contributed by atoms with Crippen LogP contribution in [0.2, 0.25) is 0 Å². The fraction of sp³-hybridized carbons (Fsp3) is 0.350. The fourth-order valence-corrected chi connectivity index (χ4v) is 3.08. The lowest BCUT2D eigenvalue weighted by molar-refractivity contribution is -0.121. The Bertz CT molecular complexity index is 807. The highest BCUT2D eigenvalue weighted by atomic mass is 79.9. The molecular weight excluding hydrogens is 424 g/mol. The topological polar surface area (TPSA) is 83.6 Å². The standard InChI is InChI=1S/C20H23BrN4O3/c21-17-3-1-16(2-4-17)20(27)23-8-6-19(26)24-14-15-5-7-22-18(13-15)25-9-11-28-12-10-25/h1-5,7,13H,6,8-12,14H2,(H,23,27)(H,24,26). The Morgan fingerprint density at radius 1 is 1.11 bits per heavy atom. The van der Waals surface area contributed by atoms with Crippen LogP contribution in [-0.4, -0.2) is 49.6 Å². The normalized spacial score (nSPS) is 13.8. The molecular formula is C20H23BrN4O3. The number of pyridine rings is 1. The van der Waals surface area contributed by atoms with Gasteiger partial charge in [-0.3, -0.25) is 9.59 Å². The van der Waals surface area contributed by atoms with Crippen LogP contribution in [0.15, 0.2) is 47.1 Å². The number of hydrogen-bond acceptors (Lipinski definition) is 5. The summed E-state index contributed by atoms with van der Waals surface area (Å²) in [6.45, 7) is 3.76. The quantitative estimate of drug-likeness (QED) is 0.680. The molecule has 0 aliphatic carbocycles. The maximum absolute atomic E-state index is 12.1. The minimum Gasteiger partial charge on any atom is -0.378 e. The Labute approximate surface area is 172 Å². The van der Waals surface area contributed by atoms with Crippen molar-refractivity contribution in [3.63, 3.8) is 0 Å². The van der Waals surface area contributed by atoms with E-state index in [1.54, 1.807) is 18.3 Å². The van der Waals surface area contributed by atoms with E-state index in [9.17, 15) is 9.59 Å². The second-order valence-electron chi connectivity index (χ2n) is 6.41. The zero-order valence-electron chi connectivity index (χ0n) is 15.5. The molecule has 1 saturated heterocycles. The number of hydrogen-bond donors (Lipinski definition) is 2. The monoisotopic (exact) mass is 446 g/mol. The van der Waals surface area contributed by atoms with Crippen LogP contribution in [0, 0.1) is 0 Å². The van der Waals surface area contributed by atoms with Crippen molar-refractivity contribution in [1.82, 2.24) is 15.6 Å². The molecule has 3 rings (SSSR count). The molecule has 2 amide bonds. The van der Waals surface area contributed by atoms with Gasteiger partial charge in [0.15, 0.2) is 0 Å². The molecule has 148 valence electrons. The summed E-state index contributed by atoms with van der Waals surface area (Å²) in [4.78, 5) is 30.7. The van der Waals surface area contributed by atoms with Crippen molar-refractivity contribution < 1.29 is 14.3 Å². The second kappa shape index (κ2) is 10.2. The molecule has 0 unspecified atom stereocenters. The first-order valence-electron chi connectivity index (χ1n) is 9.20. The van der Waals surface area contributed by atoms with E-state index in [0.717, 1.165) is 28.9 Å². The van der Waals surface area contributed by atoms with Crippen LogP contribution >= 0.6 is 15.9 Å². The van der Waals surface area contributed by atoms with Crippen molar-refractivity contribution in [2.45, 2.75) is 13.0 Å². The van der Waals surface area contributed by atoms with Crippen molar-refractivity contribution in [1.29, 1.82) is 0 Å². The maximum atomic E-state index is 12.1. The lowest BCUT2D eigenvalue weighted by atomic mass is 10.2. The first kappa shape index (κ1) is 20.3. The van der Waals surface area contributed by atoms with Gasteiger partial charge in [0.2, 0.25) is 5.91 Å². The average molecular weight is 447 g/mol. The molecule has 2 aromatic rings. The highest BCUT2D eigenvalue weighted by molar-refractivity contribution is 9.10. The number of rotatable bonds is 7. The van der Waals surface area contributed by atoms with Crippen LogP contribution in [-0.2, 0) is 16.1 Å². The number of nitrogens with zero attached hydrogens (tertiary/aromatic N) is 2. The summed E-state index contributed by atoms with van der Waals surface area (Å²) in [5, 5.41) is 5.64. The van der Waals surface area contributed by atoms with Gasteiger partial charge in [0.05, 0.1) is 13.2 Å². The van der Waals surface area contributed by atoms with E-state index in [0.29, 0.717) is 25.3 Å². The highest BCUT2D eigenvalue weighted by Crippen LogP contribution is 2.14. The summed E-state index contributed by atoms with van der Waals surface area (Å²) in [6, 6.07) is 11.0. The number of anilines is 1. The number of ether oxygens (including phenoxy) is 1. The van der Waals surface area contributed by atoms with Gasteiger partial charge in [-0.15, -0.1) is 0 Å². The van der Waals surface area contributed by atoms with Crippen molar-refractivity contribution >= 4 is 33.6 Å². The number of nitrogens with one attached hydrogen (secondary N) is 2. The third-order valence-electron chi connectivity index (χ3n) is 4.38. The van der Waals surface area contributed by atoms with Gasteiger partial charge in [-0.25, -0.2) is 4.98 Å². The Kier molecular flexibility index (Phi) is 7.39. The Morgan fingerprint density at radius 2 is 1.86 bits per heavy atom. The predicted octanol–water partition coefficient (Wildman–Crippen LogP) is 2.12. The van der Waals surface area contributed by atoms with Gasteiger partial charge in [0.1, 0.15) is 5.82 Å². The largest absolute Gasteiger partial charge is 0.378 e. The zero-order chi connectivity index (χ0) is 19.8. The molecule has 8 heteroatoms. The third kappa shape index (κ3) is 6.03. The lowest BCUT2D eigenvalue weighted by Gasteiger charge is -2.28. The molecule has 1 aliphatic rings. The molecule has 0 bridgehead atoms. The molecule has 0 radical (unpaired) electrons. The van der Waals surface area contributed by atoms with E-state index in [1.165, 1.54) is 0 Å². The number of morpholine rings is 1. The van der Waals surface area contributed by atoms with Gasteiger partial charge in [-0.1, -0.05) is 15.9 Å². The summed E-state index contributed by atoms with van der Waals surface area (Å²) in [5.74, 6) is 0.599. The van der Waals surface area contributed by atoms with Gasteiger partial charge in [0.25, 0.3) is 5.91 Å². The first-order chi connectivity index (χ1) is 13.6. The summed E-state index contributed by atoms with van der Waals surface area (Å²) in [5.41, 5.74) is 1.56. The molecule has 0 atom stereocenters. The van der Waals surface area contributed by atoms with Crippen LogP contribution in [0.1, 0.15) is 22.3 Å². The van der Waals surface area contributed by atoms with Gasteiger partial charge < -0.3 is 20.3 Å². The van der Waals surface area contributed by atoms with Crippen molar-refractivity contribution in [3.05, 3.63) is 58.2 Å². The van der Waals surface area contributed by atoms with Crippen LogP contribution in [0.5, 0.6) is 0 Å². The van der Waals surface area contributed by atoms with Crippen LogP contribution in [0.3, 0.4) is 0 Å². The molecule has 1 aromatic heterocycles. The van der Waals surface area contributed by atoms with E-state index >= 15 is 0 Å². The Hall–Kier alpha value is -2.45. The third-order valence-corrected chi connectivity index (χ3v) is 4.91. The first-order valence-corrected chi connectivity index (χ1v) is 9.99. The molecule has 1 aliphatic heterocycles. The number of amides is 2. The minimum atomic E-state index is -0.190. The number of halogens is 1. The van der Waals surface area contributed by atoms with Gasteiger partial charge in [-0.2, -0.15) is 0 Å². The number of aromatic nitrogens is 1. The maximum Gasteiger partial charge on any atom is 0.251 e. The molecule has 1 aromatic carbocycles. The van der Waals surface area contributed by atoms with Crippen LogP contribution in [0.25, 0.3) is 0 Å². The molecule has 1 fully saturated rings. The van der Waals surface area contributed by atoms with E-state index in [-0.39, 0.29) is 24.8 Å². The fourth-order valence-electron chi connectivity index (χ4n) is 2.82. The summed E-state index contributed by atoms with van der Waals surface area (Å²) < 4.78 is 6.27. The molecule has 7 nitrogen and oxygen atoms in total. The summed E-state index contributed by atoms with van der Waals surface area (Å²) in [6.07, 6.45) is 1.98. The second-order valence-corrected chi connectivity index (χ2v) is 7.33. The highest BCUT2D eigenvalue weighted by Gasteiger charge is 2.13. The van der Waals surface area contributed by atoms with E-state index in [4.69, 9.17) is 4.74 Å². The number of carbonyl (C=O) groups is 2. The SMILES string of the molecule is O=C(CCNC(=O)c1ccc(Br)cc1)NCc1ccnc(N2CCOCC2)c1. The van der Waals surface area contributed by atoms with Gasteiger partial charge >= 0.3 is 0 Å². The Balaban J connectivity index is 1.40. The Morgan fingerprint density at radius 3 is 2.61 bits per heavy atom. The predicted molar refractivity (Wildman–Crippen MR) is 110 cm³/mol. The van der Waals surface area contributed by atoms with E-state index in [2.05, 4.69) is 36.4 Å². The molecule has 2 heterocycles. The molecule has 28 heavy (non-hydrogen) atoms. The lowest BCUT2D eigenvalue weighted by Crippen LogP contribution is -2.36. The van der Waals surface area contributed by atoms with Gasteiger partial charge in [-0.05, 0) is 42.0 Å². The molecule has 2 N–H and O–H groups in total. The minimum absolute atomic E-state index is 0.110.